The van der Waals surface area contributed by atoms with Crippen molar-refractivity contribution >= 4 is 23.4 Å². The number of nitrogens with zero attached hydrogens (tertiary/aromatic N) is 3. The molecule has 0 aromatic heterocycles. The number of amides is 1. The maximum Gasteiger partial charge on any atom is 0.229 e. The maximum atomic E-state index is 13.0. The van der Waals surface area contributed by atoms with Gasteiger partial charge in [-0.2, -0.15) is 5.26 Å². The summed E-state index contributed by atoms with van der Waals surface area (Å²) in [5.41, 5.74) is 3.81. The number of methoxy groups -OCH3 is 1. The van der Waals surface area contributed by atoms with Crippen LogP contribution in [0, 0.1) is 18.3 Å². The van der Waals surface area contributed by atoms with Crippen LogP contribution in [0.15, 0.2) is 59.1 Å². The molecule has 2 heterocycles. The summed E-state index contributed by atoms with van der Waals surface area (Å²) in [5, 5.41) is 10.7. The number of fused-ring (bicyclic) bond motifs is 1. The van der Waals surface area contributed by atoms with Crippen molar-refractivity contribution in [1.29, 1.82) is 5.26 Å². The first-order valence-electron chi connectivity index (χ1n) is 9.14. The van der Waals surface area contributed by atoms with Crippen molar-refractivity contribution in [2.24, 2.45) is 0 Å². The van der Waals surface area contributed by atoms with Gasteiger partial charge in [0.05, 0.1) is 36.3 Å². The van der Waals surface area contributed by atoms with Gasteiger partial charge in [0, 0.05) is 23.6 Å². The molecule has 0 saturated carbocycles. The molecule has 1 saturated heterocycles. The van der Waals surface area contributed by atoms with E-state index in [1.807, 2.05) is 30.3 Å². The fraction of sp³-hybridized carbons (Fsp3) is 0.273. The quantitative estimate of drug-likeness (QED) is 0.784. The largest absolute Gasteiger partial charge is 0.496 e. The van der Waals surface area contributed by atoms with Gasteiger partial charge >= 0.3 is 0 Å². The molecule has 1 fully saturated rings. The first kappa shape index (κ1) is 18.5. The van der Waals surface area contributed by atoms with E-state index < -0.39 is 0 Å². The van der Waals surface area contributed by atoms with Crippen molar-refractivity contribution in [3.05, 3.63) is 70.3 Å². The minimum Gasteiger partial charge on any atom is -0.496 e. The summed E-state index contributed by atoms with van der Waals surface area (Å²) < 4.78 is 5.48. The van der Waals surface area contributed by atoms with Gasteiger partial charge in [-0.1, -0.05) is 42.1 Å². The summed E-state index contributed by atoms with van der Waals surface area (Å²) in [4.78, 5) is 16.9. The molecular formula is C22H21N3O2S. The van der Waals surface area contributed by atoms with Crippen LogP contribution in [0.5, 0.6) is 5.75 Å². The van der Waals surface area contributed by atoms with Gasteiger partial charge in [0.2, 0.25) is 5.91 Å². The van der Waals surface area contributed by atoms with Crippen LogP contribution in [0.4, 0.5) is 5.69 Å². The molecule has 1 atom stereocenters. The van der Waals surface area contributed by atoms with E-state index >= 15 is 0 Å². The van der Waals surface area contributed by atoms with Gasteiger partial charge in [0.1, 0.15) is 5.75 Å². The number of anilines is 1. The lowest BCUT2D eigenvalue weighted by Gasteiger charge is -2.42. The predicted octanol–water partition coefficient (Wildman–Crippen LogP) is 4.22. The zero-order chi connectivity index (χ0) is 19.7. The topological polar surface area (TPSA) is 56.6 Å². The summed E-state index contributed by atoms with van der Waals surface area (Å²) >= 11 is 1.55. The number of allylic oxidation sites excluding steroid dienone is 1. The van der Waals surface area contributed by atoms with E-state index in [1.54, 1.807) is 23.8 Å². The monoisotopic (exact) mass is 391 g/mol. The average Bonchev–Trinajstić information content (AvgIpc) is 2.73. The first-order chi connectivity index (χ1) is 13.6. The van der Waals surface area contributed by atoms with E-state index in [9.17, 15) is 10.1 Å². The molecule has 0 radical (unpaired) electrons. The second kappa shape index (κ2) is 7.61. The molecule has 5 nitrogen and oxygen atoms in total. The van der Waals surface area contributed by atoms with Gasteiger partial charge in [-0.25, -0.2) is 0 Å². The highest BCUT2D eigenvalue weighted by atomic mass is 32.2. The van der Waals surface area contributed by atoms with Crippen molar-refractivity contribution in [1.82, 2.24) is 4.90 Å². The third-order valence-electron chi connectivity index (χ3n) is 5.17. The number of aryl methyl sites for hydroxylation is 1. The average molecular weight is 391 g/mol. The molecule has 6 heteroatoms. The van der Waals surface area contributed by atoms with Crippen LogP contribution >= 0.6 is 11.8 Å². The van der Waals surface area contributed by atoms with Crippen molar-refractivity contribution in [3.8, 4) is 11.8 Å². The molecule has 0 aliphatic carbocycles. The van der Waals surface area contributed by atoms with E-state index in [-0.39, 0.29) is 18.2 Å². The smallest absolute Gasteiger partial charge is 0.229 e. The Bertz CT molecular complexity index is 995. The van der Waals surface area contributed by atoms with Crippen molar-refractivity contribution in [2.45, 2.75) is 19.3 Å². The number of nitriles is 1. The second-order valence-corrected chi connectivity index (χ2v) is 7.88. The zero-order valence-electron chi connectivity index (χ0n) is 15.9. The number of benzene rings is 2. The number of ether oxygens (including phenoxy) is 1. The molecule has 2 aromatic rings. The van der Waals surface area contributed by atoms with Gasteiger partial charge in [-0.05, 0) is 30.7 Å². The molecular weight excluding hydrogens is 370 g/mol. The highest BCUT2D eigenvalue weighted by Gasteiger charge is 2.39. The Morgan fingerprint density at radius 3 is 2.79 bits per heavy atom. The number of thioether (sulfide) groups is 1. The molecule has 4 rings (SSSR count). The molecule has 0 N–H and O–H groups in total. The van der Waals surface area contributed by atoms with Crippen molar-refractivity contribution in [2.75, 3.05) is 24.6 Å². The molecule has 28 heavy (non-hydrogen) atoms. The lowest BCUT2D eigenvalue weighted by atomic mass is 9.86. The van der Waals surface area contributed by atoms with E-state index in [0.29, 0.717) is 23.9 Å². The maximum absolute atomic E-state index is 13.0. The third-order valence-corrected chi connectivity index (χ3v) is 6.33. The Balaban J connectivity index is 1.69. The minimum atomic E-state index is -0.266. The Morgan fingerprint density at radius 2 is 2.04 bits per heavy atom. The fourth-order valence-corrected chi connectivity index (χ4v) is 4.94. The fourth-order valence-electron chi connectivity index (χ4n) is 3.77. The van der Waals surface area contributed by atoms with Crippen LogP contribution < -0.4 is 9.64 Å². The summed E-state index contributed by atoms with van der Waals surface area (Å²) in [5.74, 6) is 1.18. The van der Waals surface area contributed by atoms with Gasteiger partial charge < -0.3 is 9.64 Å². The summed E-state index contributed by atoms with van der Waals surface area (Å²) in [6.45, 7) is 2.53. The molecule has 2 aliphatic rings. The summed E-state index contributed by atoms with van der Waals surface area (Å²) in [6.07, 6.45) is 0.273. The number of rotatable bonds is 3. The Hall–Kier alpha value is -2.91. The Kier molecular flexibility index (Phi) is 5.01. The predicted molar refractivity (Wildman–Crippen MR) is 111 cm³/mol. The van der Waals surface area contributed by atoms with E-state index in [1.165, 1.54) is 5.56 Å². The van der Waals surface area contributed by atoms with E-state index in [4.69, 9.17) is 4.74 Å². The van der Waals surface area contributed by atoms with Crippen LogP contribution in [0.2, 0.25) is 0 Å². The summed E-state index contributed by atoms with van der Waals surface area (Å²) in [6, 6.07) is 18.3. The van der Waals surface area contributed by atoms with E-state index in [0.717, 1.165) is 16.3 Å². The lowest BCUT2D eigenvalue weighted by molar-refractivity contribution is -0.129. The minimum absolute atomic E-state index is 0.0368. The van der Waals surface area contributed by atoms with Crippen LogP contribution in [0.1, 0.15) is 23.5 Å². The number of hydrogen-bond acceptors (Lipinski definition) is 5. The molecule has 142 valence electrons. The molecule has 0 bridgehead atoms. The van der Waals surface area contributed by atoms with Crippen molar-refractivity contribution in [3.63, 3.8) is 0 Å². The Morgan fingerprint density at radius 1 is 1.21 bits per heavy atom. The second-order valence-electron chi connectivity index (χ2n) is 6.94. The van der Waals surface area contributed by atoms with Crippen LogP contribution in [0.25, 0.3) is 0 Å². The number of carbonyl (C=O) groups excluding carboxylic acids is 1. The van der Waals surface area contributed by atoms with Gasteiger partial charge in [0.25, 0.3) is 0 Å². The van der Waals surface area contributed by atoms with Gasteiger partial charge in [0.15, 0.2) is 0 Å². The van der Waals surface area contributed by atoms with Crippen molar-refractivity contribution < 1.29 is 9.53 Å². The molecule has 1 amide bonds. The number of carbonyl (C=O) groups is 1. The van der Waals surface area contributed by atoms with Gasteiger partial charge in [-0.3, -0.25) is 9.69 Å². The first-order valence-corrected chi connectivity index (χ1v) is 10.1. The summed E-state index contributed by atoms with van der Waals surface area (Å²) in [7, 11) is 1.62. The van der Waals surface area contributed by atoms with Crippen LogP contribution in [0.3, 0.4) is 0 Å². The molecule has 0 spiro atoms. The van der Waals surface area contributed by atoms with E-state index in [2.05, 4.69) is 36.1 Å². The van der Waals surface area contributed by atoms with Gasteiger partial charge in [-0.15, -0.1) is 0 Å². The normalized spacial score (nSPS) is 19.3. The standard InChI is InChI=1S/C22H21N3O2S/c1-15-6-5-7-16(10-15)24-13-25-21(26)11-18(19(12-23)22(25)28-14-24)17-8-3-4-9-20(17)27-2/h3-10,18H,11,13-14H2,1-2H3/t18-/m0/s1. The molecule has 0 unspecified atom stereocenters. The third kappa shape index (κ3) is 3.23. The highest BCUT2D eigenvalue weighted by molar-refractivity contribution is 8.03. The SMILES string of the molecule is COc1ccccc1[C@@H]1CC(=O)N2CN(c3cccc(C)c3)CSC2=C1C#N. The van der Waals surface area contributed by atoms with Crippen LogP contribution in [-0.4, -0.2) is 30.5 Å². The Labute approximate surface area is 169 Å². The molecule has 2 aliphatic heterocycles. The highest BCUT2D eigenvalue weighted by Crippen LogP contribution is 2.45. The lowest BCUT2D eigenvalue weighted by Crippen LogP contribution is -2.47. The number of hydrogen-bond donors (Lipinski definition) is 0. The number of para-hydroxylation sites is 1. The van der Waals surface area contributed by atoms with Crippen LogP contribution in [-0.2, 0) is 4.79 Å². The zero-order valence-corrected chi connectivity index (χ0v) is 16.7. The molecule has 2 aromatic carbocycles.